The molecular formula is C26H48Si2. The highest BCUT2D eigenvalue weighted by molar-refractivity contribution is 6.91. The Balaban J connectivity index is 6.51. The van der Waals surface area contributed by atoms with Crippen molar-refractivity contribution in [3.8, 4) is 22.9 Å². The normalized spacial score (nSPS) is 12.6. The van der Waals surface area contributed by atoms with Crippen LogP contribution in [0.4, 0.5) is 0 Å². The Labute approximate surface area is 180 Å². The third-order valence-electron chi connectivity index (χ3n) is 7.04. The van der Waals surface area contributed by atoms with Gasteiger partial charge in [0.2, 0.25) is 0 Å². The molecule has 0 spiro atoms. The summed E-state index contributed by atoms with van der Waals surface area (Å²) in [5, 5.41) is 0. The molecule has 0 nitrogen and oxygen atoms in total. The molecule has 0 saturated carbocycles. The van der Waals surface area contributed by atoms with Crippen molar-refractivity contribution in [2.45, 2.75) is 130 Å². The third-order valence-corrected chi connectivity index (χ3v) is 19.6. The second kappa shape index (κ2) is 10.9. The maximum absolute atomic E-state index is 3.88. The van der Waals surface area contributed by atoms with Crippen LogP contribution in [0.25, 0.3) is 0 Å². The van der Waals surface area contributed by atoms with Gasteiger partial charge in [0.25, 0.3) is 0 Å². The zero-order valence-corrected chi connectivity index (χ0v) is 23.5. The molecule has 0 N–H and O–H groups in total. The predicted octanol–water partition coefficient (Wildman–Crippen LogP) is 8.77. The molecule has 0 aliphatic carbocycles. The summed E-state index contributed by atoms with van der Waals surface area (Å²) in [6, 6.07) is 0. The van der Waals surface area contributed by atoms with Crippen LogP contribution < -0.4 is 0 Å². The Morgan fingerprint density at radius 3 is 0.821 bits per heavy atom. The van der Waals surface area contributed by atoms with Crippen molar-refractivity contribution >= 4 is 16.1 Å². The van der Waals surface area contributed by atoms with Crippen molar-refractivity contribution in [1.29, 1.82) is 0 Å². The molecule has 28 heavy (non-hydrogen) atoms. The van der Waals surface area contributed by atoms with Crippen LogP contribution in [0.15, 0.2) is 11.1 Å². The van der Waals surface area contributed by atoms with E-state index in [0.29, 0.717) is 33.2 Å². The van der Waals surface area contributed by atoms with Crippen molar-refractivity contribution in [2.75, 3.05) is 0 Å². The number of hydrogen-bond acceptors (Lipinski definition) is 0. The summed E-state index contributed by atoms with van der Waals surface area (Å²) in [4.78, 5) is 0. The van der Waals surface area contributed by atoms with Gasteiger partial charge in [-0.2, -0.15) is 0 Å². The first-order chi connectivity index (χ1) is 12.7. The van der Waals surface area contributed by atoms with Gasteiger partial charge in [-0.25, -0.2) is 0 Å². The zero-order chi connectivity index (χ0) is 22.4. The van der Waals surface area contributed by atoms with Crippen LogP contribution in [0, 0.1) is 22.9 Å². The molecule has 0 amide bonds. The lowest BCUT2D eigenvalue weighted by molar-refractivity contribution is 0.838. The minimum absolute atomic E-state index is 0.654. The van der Waals surface area contributed by atoms with Crippen LogP contribution in [-0.4, -0.2) is 16.1 Å². The Morgan fingerprint density at radius 2 is 0.679 bits per heavy atom. The third kappa shape index (κ3) is 5.67. The predicted molar refractivity (Wildman–Crippen MR) is 136 cm³/mol. The molecule has 0 saturated heterocycles. The maximum Gasteiger partial charge on any atom is 0.146 e. The molecule has 0 rings (SSSR count). The molecular weight excluding hydrogens is 368 g/mol. The first-order valence-electron chi connectivity index (χ1n) is 11.4. The van der Waals surface area contributed by atoms with Crippen LogP contribution >= 0.6 is 0 Å². The monoisotopic (exact) mass is 416 g/mol. The first-order valence-corrected chi connectivity index (χ1v) is 15.9. The Kier molecular flexibility index (Phi) is 10.6. The zero-order valence-electron chi connectivity index (χ0n) is 21.5. The average molecular weight is 417 g/mol. The molecule has 2 heteroatoms. The largest absolute Gasteiger partial charge is 0.146 e. The maximum atomic E-state index is 3.88. The van der Waals surface area contributed by atoms with Gasteiger partial charge in [0, 0.05) is 0 Å². The van der Waals surface area contributed by atoms with E-state index < -0.39 is 16.1 Å². The van der Waals surface area contributed by atoms with E-state index in [9.17, 15) is 0 Å². The first kappa shape index (κ1) is 27.3. The highest BCUT2D eigenvalue weighted by Crippen LogP contribution is 2.42. The summed E-state index contributed by atoms with van der Waals surface area (Å²) in [6.45, 7) is 32.9. The van der Waals surface area contributed by atoms with E-state index in [1.165, 1.54) is 5.57 Å². The van der Waals surface area contributed by atoms with Gasteiger partial charge >= 0.3 is 0 Å². The summed E-state index contributed by atoms with van der Waals surface area (Å²) in [7, 11) is -3.46. The summed E-state index contributed by atoms with van der Waals surface area (Å²) in [5.74, 6) is 7.27. The molecule has 0 aromatic carbocycles. The smallest absolute Gasteiger partial charge is 0.124 e. The molecule has 0 atom stereocenters. The van der Waals surface area contributed by atoms with E-state index in [1.54, 1.807) is 0 Å². The van der Waals surface area contributed by atoms with Gasteiger partial charge in [0.15, 0.2) is 0 Å². The van der Waals surface area contributed by atoms with Gasteiger partial charge in [-0.3, -0.25) is 0 Å². The lowest BCUT2D eigenvalue weighted by Gasteiger charge is -2.38. The lowest BCUT2D eigenvalue weighted by Crippen LogP contribution is -2.43. The fourth-order valence-electron chi connectivity index (χ4n) is 5.49. The van der Waals surface area contributed by atoms with Crippen molar-refractivity contribution in [2.24, 2.45) is 0 Å². The molecule has 0 fully saturated rings. The Morgan fingerprint density at radius 1 is 0.464 bits per heavy atom. The van der Waals surface area contributed by atoms with Crippen molar-refractivity contribution in [3.05, 3.63) is 11.1 Å². The van der Waals surface area contributed by atoms with Gasteiger partial charge in [0.1, 0.15) is 16.1 Å². The Bertz CT molecular complexity index is 552. The lowest BCUT2D eigenvalue weighted by atomic mass is 10.2. The molecule has 0 radical (unpaired) electrons. The molecule has 0 unspecified atom stereocenters. The van der Waals surface area contributed by atoms with Gasteiger partial charge < -0.3 is 0 Å². The van der Waals surface area contributed by atoms with E-state index in [4.69, 9.17) is 0 Å². The summed E-state index contributed by atoms with van der Waals surface area (Å²) >= 11 is 0. The standard InChI is InChI=1S/C26H48Si2/c1-19(2)26(15-17-27(20(3)4,21(5)6)22(7)8)16-18-28(23(9)10,24(11)12)25(13)14/h20-25H,1-14H3. The van der Waals surface area contributed by atoms with Crippen LogP contribution in [0.2, 0.25) is 33.2 Å². The molecule has 0 aromatic rings. The SMILES string of the molecule is CC(C)=C(C#C[Si](C(C)C)(C(C)C)C(C)C)C#C[Si](C(C)C)(C(C)C)C(C)C. The topological polar surface area (TPSA) is 0 Å². The molecule has 0 heterocycles. The second-order valence-electron chi connectivity index (χ2n) is 10.7. The van der Waals surface area contributed by atoms with E-state index in [0.717, 1.165) is 5.57 Å². The molecule has 0 aliphatic heterocycles. The summed E-state index contributed by atoms with van der Waals surface area (Å²) in [5.41, 5.74) is 14.0. The van der Waals surface area contributed by atoms with Crippen molar-refractivity contribution in [3.63, 3.8) is 0 Å². The second-order valence-corrected chi connectivity index (χ2v) is 21.8. The van der Waals surface area contributed by atoms with Gasteiger partial charge in [-0.15, -0.1) is 11.1 Å². The Hall–Kier alpha value is -0.706. The average Bonchev–Trinajstić information content (AvgIpc) is 2.51. The highest BCUT2D eigenvalue weighted by Gasteiger charge is 2.42. The van der Waals surface area contributed by atoms with E-state index in [2.05, 4.69) is 120 Å². The van der Waals surface area contributed by atoms with Crippen molar-refractivity contribution in [1.82, 2.24) is 0 Å². The number of allylic oxidation sites excluding steroid dienone is 2. The minimum atomic E-state index is -1.73. The van der Waals surface area contributed by atoms with Crippen LogP contribution in [0.1, 0.15) is 96.9 Å². The van der Waals surface area contributed by atoms with Crippen LogP contribution in [-0.2, 0) is 0 Å². The van der Waals surface area contributed by atoms with Crippen LogP contribution in [0.5, 0.6) is 0 Å². The number of hydrogen-bond donors (Lipinski definition) is 0. The van der Waals surface area contributed by atoms with E-state index >= 15 is 0 Å². The fraction of sp³-hybridized carbons (Fsp3) is 0.769. The summed E-state index contributed by atoms with van der Waals surface area (Å²) < 4.78 is 0. The molecule has 0 aliphatic rings. The summed E-state index contributed by atoms with van der Waals surface area (Å²) in [6.07, 6.45) is 0. The van der Waals surface area contributed by atoms with E-state index in [1.807, 2.05) is 0 Å². The van der Waals surface area contributed by atoms with E-state index in [-0.39, 0.29) is 0 Å². The molecule has 0 bridgehead atoms. The van der Waals surface area contributed by atoms with Crippen molar-refractivity contribution < 1.29 is 0 Å². The number of rotatable bonds is 6. The fourth-order valence-corrected chi connectivity index (χ4v) is 15.9. The molecule has 160 valence electrons. The highest BCUT2D eigenvalue weighted by atomic mass is 28.3. The molecule has 0 aromatic heterocycles. The van der Waals surface area contributed by atoms with Crippen LogP contribution in [0.3, 0.4) is 0 Å². The van der Waals surface area contributed by atoms with Gasteiger partial charge in [-0.1, -0.05) is 100 Å². The quantitative estimate of drug-likeness (QED) is 0.300. The van der Waals surface area contributed by atoms with Gasteiger partial charge in [-0.05, 0) is 47.1 Å². The minimum Gasteiger partial charge on any atom is -0.124 e. The van der Waals surface area contributed by atoms with Gasteiger partial charge in [0.05, 0.1) is 5.57 Å².